The molecule has 6 heteroatoms. The van der Waals surface area contributed by atoms with Gasteiger partial charge in [0.15, 0.2) is 17.4 Å². The predicted octanol–water partition coefficient (Wildman–Crippen LogP) is 4.49. The highest BCUT2D eigenvalue weighted by Gasteiger charge is 2.13. The van der Waals surface area contributed by atoms with Gasteiger partial charge in [-0.1, -0.05) is 12.1 Å². The van der Waals surface area contributed by atoms with Gasteiger partial charge in [-0.3, -0.25) is 4.79 Å². The fraction of sp³-hybridized carbons (Fsp3) is 0.0526. The third-order valence-electron chi connectivity index (χ3n) is 3.72. The predicted molar refractivity (Wildman–Crippen MR) is 88.0 cm³/mol. The maximum absolute atomic E-state index is 13.2. The summed E-state index contributed by atoms with van der Waals surface area (Å²) in [7, 11) is 0. The van der Waals surface area contributed by atoms with E-state index in [9.17, 15) is 18.0 Å². The number of carbonyl (C=O) groups excluding carboxylic acids is 1. The van der Waals surface area contributed by atoms with Gasteiger partial charge in [-0.05, 0) is 55.0 Å². The van der Waals surface area contributed by atoms with E-state index in [2.05, 4.69) is 5.10 Å². The maximum atomic E-state index is 13.2. The molecule has 25 heavy (non-hydrogen) atoms. The van der Waals surface area contributed by atoms with E-state index in [1.165, 1.54) is 41.2 Å². The van der Waals surface area contributed by atoms with E-state index in [0.29, 0.717) is 22.5 Å². The summed E-state index contributed by atoms with van der Waals surface area (Å²) < 4.78 is 40.6. The van der Waals surface area contributed by atoms with Crippen LogP contribution in [0.4, 0.5) is 13.2 Å². The van der Waals surface area contributed by atoms with E-state index in [4.69, 9.17) is 0 Å². The van der Waals surface area contributed by atoms with Crippen molar-refractivity contribution >= 4 is 11.9 Å². The number of nitrogens with zero attached hydrogens (tertiary/aromatic N) is 2. The number of carbonyl (C=O) groups is 1. The third-order valence-corrected chi connectivity index (χ3v) is 3.72. The molecule has 0 N–H and O–H groups in total. The van der Waals surface area contributed by atoms with Gasteiger partial charge in [0.1, 0.15) is 5.82 Å². The van der Waals surface area contributed by atoms with Crippen LogP contribution in [0.5, 0.6) is 0 Å². The van der Waals surface area contributed by atoms with Crippen molar-refractivity contribution in [3.05, 3.63) is 89.0 Å². The van der Waals surface area contributed by atoms with Crippen molar-refractivity contribution in [3.8, 4) is 5.69 Å². The minimum atomic E-state index is -0.977. The van der Waals surface area contributed by atoms with Crippen LogP contribution in [0.2, 0.25) is 0 Å². The zero-order valence-electron chi connectivity index (χ0n) is 13.2. The number of rotatable bonds is 4. The lowest BCUT2D eigenvalue weighted by Crippen LogP contribution is -2.01. The van der Waals surface area contributed by atoms with Crippen molar-refractivity contribution in [1.82, 2.24) is 9.78 Å². The van der Waals surface area contributed by atoms with Gasteiger partial charge in [0.25, 0.3) is 0 Å². The van der Waals surface area contributed by atoms with Crippen LogP contribution in [-0.4, -0.2) is 15.6 Å². The molecular formula is C19H13F3N2O. The Morgan fingerprint density at radius 3 is 2.44 bits per heavy atom. The van der Waals surface area contributed by atoms with Gasteiger partial charge < -0.3 is 0 Å². The first kappa shape index (κ1) is 16.7. The fourth-order valence-electron chi connectivity index (χ4n) is 2.37. The molecule has 0 aliphatic heterocycles. The molecule has 0 spiro atoms. The molecule has 0 bridgehead atoms. The van der Waals surface area contributed by atoms with Crippen molar-refractivity contribution in [2.24, 2.45) is 0 Å². The monoisotopic (exact) mass is 342 g/mol. The Morgan fingerprint density at radius 1 is 1.04 bits per heavy atom. The summed E-state index contributed by atoms with van der Waals surface area (Å²) >= 11 is 0. The van der Waals surface area contributed by atoms with Crippen molar-refractivity contribution in [3.63, 3.8) is 0 Å². The minimum absolute atomic E-state index is 0.324. The Bertz CT molecular complexity index is 959. The van der Waals surface area contributed by atoms with Crippen molar-refractivity contribution in [1.29, 1.82) is 0 Å². The summed E-state index contributed by atoms with van der Waals surface area (Å²) in [4.78, 5) is 12.3. The molecule has 0 fully saturated rings. The van der Waals surface area contributed by atoms with Gasteiger partial charge in [0.2, 0.25) is 0 Å². The maximum Gasteiger partial charge on any atom is 0.189 e. The number of benzene rings is 2. The zero-order chi connectivity index (χ0) is 18.0. The second kappa shape index (κ2) is 6.76. The Morgan fingerprint density at radius 2 is 1.76 bits per heavy atom. The van der Waals surface area contributed by atoms with E-state index in [1.54, 1.807) is 19.1 Å². The molecule has 1 heterocycles. The van der Waals surface area contributed by atoms with E-state index >= 15 is 0 Å². The summed E-state index contributed by atoms with van der Waals surface area (Å²) in [5.41, 5.74) is 1.95. The second-order valence-corrected chi connectivity index (χ2v) is 5.40. The molecule has 0 unspecified atom stereocenters. The van der Waals surface area contributed by atoms with Crippen molar-refractivity contribution < 1.29 is 18.0 Å². The lowest BCUT2D eigenvalue weighted by molar-refractivity contribution is 0.104. The summed E-state index contributed by atoms with van der Waals surface area (Å²) in [6, 6.07) is 9.10. The van der Waals surface area contributed by atoms with Gasteiger partial charge in [-0.2, -0.15) is 5.10 Å². The van der Waals surface area contributed by atoms with Gasteiger partial charge in [0.05, 0.1) is 23.1 Å². The number of allylic oxidation sites excluding steroid dienone is 1. The zero-order valence-corrected chi connectivity index (χ0v) is 13.2. The van der Waals surface area contributed by atoms with E-state index in [-0.39, 0.29) is 11.6 Å². The van der Waals surface area contributed by atoms with E-state index in [1.807, 2.05) is 0 Å². The van der Waals surface area contributed by atoms with E-state index < -0.39 is 11.6 Å². The Kier molecular flexibility index (Phi) is 4.52. The Hall–Kier alpha value is -3.15. The van der Waals surface area contributed by atoms with Gasteiger partial charge >= 0.3 is 0 Å². The number of hydrogen-bond acceptors (Lipinski definition) is 2. The van der Waals surface area contributed by atoms with Crippen LogP contribution in [0, 0.1) is 24.4 Å². The van der Waals surface area contributed by atoms with Crippen LogP contribution in [0.3, 0.4) is 0 Å². The smallest absolute Gasteiger partial charge is 0.189 e. The van der Waals surface area contributed by atoms with Crippen LogP contribution in [-0.2, 0) is 0 Å². The largest absolute Gasteiger partial charge is 0.289 e. The van der Waals surface area contributed by atoms with Crippen LogP contribution < -0.4 is 0 Å². The van der Waals surface area contributed by atoms with Crippen LogP contribution in [0.1, 0.15) is 21.6 Å². The van der Waals surface area contributed by atoms with Gasteiger partial charge in [-0.25, -0.2) is 17.9 Å². The Labute approximate surface area is 142 Å². The fourth-order valence-corrected chi connectivity index (χ4v) is 2.37. The molecule has 1 aromatic heterocycles. The number of hydrogen-bond donors (Lipinski definition) is 0. The summed E-state index contributed by atoms with van der Waals surface area (Å²) in [6.45, 7) is 1.72. The molecule has 0 radical (unpaired) electrons. The molecule has 0 aliphatic rings. The quantitative estimate of drug-likeness (QED) is 0.517. The van der Waals surface area contributed by atoms with Crippen molar-refractivity contribution in [2.75, 3.05) is 0 Å². The molecule has 0 amide bonds. The average molecular weight is 342 g/mol. The van der Waals surface area contributed by atoms with Crippen LogP contribution >= 0.6 is 0 Å². The minimum Gasteiger partial charge on any atom is -0.289 e. The highest BCUT2D eigenvalue weighted by atomic mass is 19.2. The van der Waals surface area contributed by atoms with Crippen molar-refractivity contribution in [2.45, 2.75) is 6.92 Å². The average Bonchev–Trinajstić information content (AvgIpc) is 2.98. The summed E-state index contributed by atoms with van der Waals surface area (Å²) in [5, 5.41) is 4.15. The molecular weight excluding hydrogens is 329 g/mol. The first-order chi connectivity index (χ1) is 12.0. The number of aromatic nitrogens is 2. The van der Waals surface area contributed by atoms with Crippen LogP contribution in [0.15, 0.2) is 54.7 Å². The first-order valence-corrected chi connectivity index (χ1v) is 7.44. The molecule has 0 saturated heterocycles. The third kappa shape index (κ3) is 3.52. The highest BCUT2D eigenvalue weighted by Crippen LogP contribution is 2.16. The lowest BCUT2D eigenvalue weighted by atomic mass is 10.1. The Balaban J connectivity index is 1.84. The standard InChI is InChI=1S/C19H13F3N2O/c1-12-16(11-23-24(12)15-6-4-14(20)5-7-15)19(25)9-3-13-2-8-17(21)18(22)10-13/h2-11H,1H3/b9-3+. The van der Waals surface area contributed by atoms with E-state index in [0.717, 1.165) is 12.1 Å². The molecule has 3 nitrogen and oxygen atoms in total. The van der Waals surface area contributed by atoms with Gasteiger partial charge in [0, 0.05) is 0 Å². The topological polar surface area (TPSA) is 34.9 Å². The normalized spacial score (nSPS) is 11.2. The molecule has 126 valence electrons. The van der Waals surface area contributed by atoms with Crippen LogP contribution in [0.25, 0.3) is 11.8 Å². The molecule has 0 atom stereocenters. The summed E-state index contributed by atoms with van der Waals surface area (Å²) in [6.07, 6.45) is 4.09. The molecule has 3 aromatic rings. The lowest BCUT2D eigenvalue weighted by Gasteiger charge is -2.04. The SMILES string of the molecule is Cc1c(C(=O)/C=C/c2ccc(F)c(F)c2)cnn1-c1ccc(F)cc1. The molecule has 3 rings (SSSR count). The molecule has 0 saturated carbocycles. The molecule has 2 aromatic carbocycles. The number of halogens is 3. The molecule has 0 aliphatic carbocycles. The summed E-state index contributed by atoms with van der Waals surface area (Å²) in [5.74, 6) is -2.61. The number of ketones is 1. The van der Waals surface area contributed by atoms with Gasteiger partial charge in [-0.15, -0.1) is 0 Å². The first-order valence-electron chi connectivity index (χ1n) is 7.44. The highest BCUT2D eigenvalue weighted by molar-refractivity contribution is 6.07. The second-order valence-electron chi connectivity index (χ2n) is 5.40.